The number of aromatic amines is 2. The molecule has 9 heteroatoms. The molecule has 1 aromatic carbocycles. The molecule has 30 heavy (non-hydrogen) atoms. The van der Waals surface area contributed by atoms with Crippen LogP contribution in [0.15, 0.2) is 39.8 Å². The number of thiophene rings is 1. The number of aromatic nitrogens is 3. The van der Waals surface area contributed by atoms with Gasteiger partial charge in [-0.05, 0) is 24.3 Å². The van der Waals surface area contributed by atoms with Crippen molar-refractivity contribution < 1.29 is 9.59 Å². The molecule has 4 aromatic rings. The first-order valence-electron chi connectivity index (χ1n) is 9.64. The SMILES string of the molecule is CC(=O)N1CCN(C(=O)c2ccc3[nH]c(-c4nc5cscc5[nH]c4=O)cc3c2)CC1. The third kappa shape index (κ3) is 3.17. The smallest absolute Gasteiger partial charge is 0.276 e. The van der Waals surface area contributed by atoms with Crippen LogP contribution in [-0.4, -0.2) is 62.7 Å². The fourth-order valence-corrected chi connectivity index (χ4v) is 4.50. The topological polar surface area (TPSA) is 102 Å². The van der Waals surface area contributed by atoms with E-state index in [1.807, 2.05) is 29.0 Å². The van der Waals surface area contributed by atoms with Crippen molar-refractivity contribution in [3.8, 4) is 11.4 Å². The average Bonchev–Trinajstić information content (AvgIpc) is 3.38. The number of piperazine rings is 1. The monoisotopic (exact) mass is 421 g/mol. The number of fused-ring (bicyclic) bond motifs is 2. The first-order valence-corrected chi connectivity index (χ1v) is 10.6. The van der Waals surface area contributed by atoms with Crippen LogP contribution in [0.4, 0.5) is 0 Å². The van der Waals surface area contributed by atoms with Gasteiger partial charge in [-0.15, -0.1) is 11.3 Å². The summed E-state index contributed by atoms with van der Waals surface area (Å²) < 4.78 is 0. The summed E-state index contributed by atoms with van der Waals surface area (Å²) in [5.74, 6) is -0.0221. The van der Waals surface area contributed by atoms with E-state index in [2.05, 4.69) is 15.0 Å². The largest absolute Gasteiger partial charge is 0.353 e. The molecule has 4 heterocycles. The first-order chi connectivity index (χ1) is 14.5. The fourth-order valence-electron chi connectivity index (χ4n) is 3.81. The van der Waals surface area contributed by atoms with Crippen LogP contribution < -0.4 is 5.56 Å². The van der Waals surface area contributed by atoms with Crippen LogP contribution in [0, 0.1) is 0 Å². The fraction of sp³-hybridized carbons (Fsp3) is 0.238. The molecule has 0 spiro atoms. The highest BCUT2D eigenvalue weighted by atomic mass is 32.1. The second kappa shape index (κ2) is 7.10. The van der Waals surface area contributed by atoms with E-state index in [0.717, 1.165) is 21.9 Å². The second-order valence-corrected chi connectivity index (χ2v) is 8.11. The highest BCUT2D eigenvalue weighted by molar-refractivity contribution is 7.09. The molecule has 0 radical (unpaired) electrons. The van der Waals surface area contributed by atoms with E-state index in [1.54, 1.807) is 22.8 Å². The Labute approximate surface area is 175 Å². The van der Waals surface area contributed by atoms with Gasteiger partial charge in [-0.25, -0.2) is 4.98 Å². The van der Waals surface area contributed by atoms with Crippen LogP contribution in [0.3, 0.4) is 0 Å². The van der Waals surface area contributed by atoms with Crippen LogP contribution in [0.25, 0.3) is 33.3 Å². The molecule has 0 atom stereocenters. The lowest BCUT2D eigenvalue weighted by atomic mass is 10.1. The number of amides is 2. The van der Waals surface area contributed by atoms with Gasteiger partial charge in [0, 0.05) is 60.3 Å². The summed E-state index contributed by atoms with van der Waals surface area (Å²) in [6.07, 6.45) is 0. The number of carbonyl (C=O) groups excluding carboxylic acids is 2. The van der Waals surface area contributed by atoms with Crippen LogP contribution in [0.5, 0.6) is 0 Å². The molecule has 2 amide bonds. The average molecular weight is 421 g/mol. The summed E-state index contributed by atoms with van der Waals surface area (Å²) in [6.45, 7) is 3.70. The van der Waals surface area contributed by atoms with E-state index in [9.17, 15) is 14.4 Å². The Kier molecular flexibility index (Phi) is 4.39. The molecular formula is C21H19N5O3S. The van der Waals surface area contributed by atoms with Gasteiger partial charge in [0.1, 0.15) is 0 Å². The molecule has 1 fully saturated rings. The molecule has 1 aliphatic heterocycles. The minimum Gasteiger partial charge on any atom is -0.353 e. The molecule has 0 bridgehead atoms. The maximum Gasteiger partial charge on any atom is 0.276 e. The van der Waals surface area contributed by atoms with E-state index >= 15 is 0 Å². The zero-order valence-corrected chi connectivity index (χ0v) is 17.1. The Morgan fingerprint density at radius 1 is 1.00 bits per heavy atom. The van der Waals surface area contributed by atoms with Gasteiger partial charge in [0.2, 0.25) is 5.91 Å². The highest BCUT2D eigenvalue weighted by Crippen LogP contribution is 2.24. The molecular weight excluding hydrogens is 402 g/mol. The predicted octanol–water partition coefficient (Wildman–Crippen LogP) is 2.44. The number of rotatable bonds is 2. The summed E-state index contributed by atoms with van der Waals surface area (Å²) in [6, 6.07) is 7.29. The minimum atomic E-state index is -0.257. The lowest BCUT2D eigenvalue weighted by Gasteiger charge is -2.34. The van der Waals surface area contributed by atoms with E-state index in [0.29, 0.717) is 43.1 Å². The highest BCUT2D eigenvalue weighted by Gasteiger charge is 2.23. The van der Waals surface area contributed by atoms with Gasteiger partial charge >= 0.3 is 0 Å². The number of hydrogen-bond acceptors (Lipinski definition) is 5. The van der Waals surface area contributed by atoms with E-state index in [4.69, 9.17) is 0 Å². The minimum absolute atomic E-state index is 0.0348. The number of H-pyrrole nitrogens is 2. The summed E-state index contributed by atoms with van der Waals surface area (Å²) in [4.78, 5) is 50.9. The third-order valence-electron chi connectivity index (χ3n) is 5.47. The summed E-state index contributed by atoms with van der Waals surface area (Å²) in [5.41, 5.74) is 3.56. The number of nitrogens with zero attached hydrogens (tertiary/aromatic N) is 3. The van der Waals surface area contributed by atoms with Crippen LogP contribution in [0.1, 0.15) is 17.3 Å². The van der Waals surface area contributed by atoms with Crippen molar-refractivity contribution in [2.45, 2.75) is 6.92 Å². The number of nitrogens with one attached hydrogen (secondary N) is 2. The van der Waals surface area contributed by atoms with Crippen molar-refractivity contribution >= 4 is 45.1 Å². The maximum atomic E-state index is 12.9. The molecule has 5 rings (SSSR count). The predicted molar refractivity (Wildman–Crippen MR) is 116 cm³/mol. The van der Waals surface area contributed by atoms with Gasteiger partial charge in [-0.3, -0.25) is 14.4 Å². The molecule has 152 valence electrons. The quantitative estimate of drug-likeness (QED) is 0.519. The molecule has 3 aromatic heterocycles. The van der Waals surface area contributed by atoms with Crippen molar-refractivity contribution in [1.29, 1.82) is 0 Å². The Bertz CT molecular complexity index is 1340. The van der Waals surface area contributed by atoms with Gasteiger partial charge in [-0.1, -0.05) is 0 Å². The van der Waals surface area contributed by atoms with Crippen molar-refractivity contribution in [3.63, 3.8) is 0 Å². The van der Waals surface area contributed by atoms with Gasteiger partial charge in [0.15, 0.2) is 5.69 Å². The summed E-state index contributed by atoms with van der Waals surface area (Å²) >= 11 is 1.48. The lowest BCUT2D eigenvalue weighted by molar-refractivity contribution is -0.130. The van der Waals surface area contributed by atoms with Crippen molar-refractivity contribution in [2.24, 2.45) is 0 Å². The molecule has 2 N–H and O–H groups in total. The summed E-state index contributed by atoms with van der Waals surface area (Å²) in [7, 11) is 0. The van der Waals surface area contributed by atoms with Crippen LogP contribution in [-0.2, 0) is 4.79 Å². The number of hydrogen-bond donors (Lipinski definition) is 2. The molecule has 1 aliphatic rings. The Balaban J connectivity index is 1.44. The van der Waals surface area contributed by atoms with Crippen molar-refractivity contribution in [2.75, 3.05) is 26.2 Å². The van der Waals surface area contributed by atoms with E-state index < -0.39 is 0 Å². The van der Waals surface area contributed by atoms with Gasteiger partial charge in [-0.2, -0.15) is 0 Å². The molecule has 0 unspecified atom stereocenters. The third-order valence-corrected chi connectivity index (χ3v) is 6.20. The molecule has 8 nitrogen and oxygen atoms in total. The van der Waals surface area contributed by atoms with Crippen molar-refractivity contribution in [1.82, 2.24) is 24.8 Å². The summed E-state index contributed by atoms with van der Waals surface area (Å²) in [5, 5.41) is 4.58. The van der Waals surface area contributed by atoms with Gasteiger partial charge < -0.3 is 19.8 Å². The Hall–Kier alpha value is -3.46. The van der Waals surface area contributed by atoms with Gasteiger partial charge in [0.05, 0.1) is 16.7 Å². The Morgan fingerprint density at radius 2 is 1.77 bits per heavy atom. The molecule has 0 saturated carbocycles. The number of carbonyl (C=O) groups is 2. The van der Waals surface area contributed by atoms with Gasteiger partial charge in [0.25, 0.3) is 11.5 Å². The van der Waals surface area contributed by atoms with E-state index in [-0.39, 0.29) is 17.4 Å². The maximum absolute atomic E-state index is 12.9. The van der Waals surface area contributed by atoms with Crippen LogP contribution in [0.2, 0.25) is 0 Å². The molecule has 0 aliphatic carbocycles. The first kappa shape index (κ1) is 18.6. The Morgan fingerprint density at radius 3 is 2.53 bits per heavy atom. The van der Waals surface area contributed by atoms with Crippen molar-refractivity contribution in [3.05, 3.63) is 50.9 Å². The zero-order valence-electron chi connectivity index (χ0n) is 16.3. The zero-order chi connectivity index (χ0) is 20.8. The van der Waals surface area contributed by atoms with E-state index in [1.165, 1.54) is 11.3 Å². The lowest BCUT2D eigenvalue weighted by Crippen LogP contribution is -2.50. The standard InChI is InChI=1S/C21H19N5O3S/c1-12(27)25-4-6-26(7-5-25)21(29)13-2-3-15-14(8-13)9-16(22-15)19-20(28)24-18-11-30-10-17(18)23-19/h2-3,8-11,22H,4-7H2,1H3,(H,24,28). The molecule has 1 saturated heterocycles. The number of benzene rings is 1. The second-order valence-electron chi connectivity index (χ2n) is 7.37. The van der Waals surface area contributed by atoms with Crippen LogP contribution >= 0.6 is 11.3 Å². The normalized spacial score (nSPS) is 14.6.